The molecule has 1 aromatic heterocycles. The summed E-state index contributed by atoms with van der Waals surface area (Å²) in [6.45, 7) is 1.70. The van der Waals surface area contributed by atoms with Gasteiger partial charge in [-0.1, -0.05) is 6.92 Å². The van der Waals surface area contributed by atoms with E-state index >= 15 is 0 Å². The van der Waals surface area contributed by atoms with Crippen molar-refractivity contribution >= 4 is 9.84 Å². The molecule has 0 atom stereocenters. The first-order valence-corrected chi connectivity index (χ1v) is 7.95. The zero-order chi connectivity index (χ0) is 14.2. The number of H-pyrrole nitrogens is 1. The van der Waals surface area contributed by atoms with Crippen molar-refractivity contribution in [2.75, 3.05) is 11.5 Å². The fourth-order valence-electron chi connectivity index (χ4n) is 2.37. The Morgan fingerprint density at radius 1 is 1.32 bits per heavy atom. The smallest absolute Gasteiger partial charge is 0.331 e. The van der Waals surface area contributed by atoms with E-state index in [0.717, 1.165) is 4.57 Å². The van der Waals surface area contributed by atoms with Gasteiger partial charge in [0.15, 0.2) is 0 Å². The fraction of sp³-hybridized carbons (Fsp3) is 0.636. The molecule has 7 nitrogen and oxygen atoms in total. The molecule has 19 heavy (non-hydrogen) atoms. The molecule has 1 aliphatic rings. The topological polar surface area (TPSA) is 109 Å². The summed E-state index contributed by atoms with van der Waals surface area (Å²) in [5.41, 5.74) is -1.14. The maximum atomic E-state index is 11.8. The third-order valence-electron chi connectivity index (χ3n) is 3.45. The van der Waals surface area contributed by atoms with Crippen LogP contribution in [-0.4, -0.2) is 34.6 Å². The molecule has 0 saturated carbocycles. The van der Waals surface area contributed by atoms with Gasteiger partial charge in [-0.05, 0) is 19.3 Å². The third-order valence-corrected chi connectivity index (χ3v) is 5.17. The maximum Gasteiger partial charge on any atom is 0.331 e. The summed E-state index contributed by atoms with van der Waals surface area (Å²) in [4.78, 5) is 25.5. The highest BCUT2D eigenvalue weighted by molar-refractivity contribution is 7.91. The number of hydrogen-bond acceptors (Lipinski definition) is 5. The van der Waals surface area contributed by atoms with E-state index in [0.29, 0.717) is 6.42 Å². The Morgan fingerprint density at radius 2 is 1.89 bits per heavy atom. The van der Waals surface area contributed by atoms with E-state index in [-0.39, 0.29) is 35.8 Å². The van der Waals surface area contributed by atoms with Crippen LogP contribution >= 0.6 is 0 Å². The van der Waals surface area contributed by atoms with Gasteiger partial charge in [-0.25, -0.2) is 13.2 Å². The van der Waals surface area contributed by atoms with E-state index in [4.69, 9.17) is 0 Å². The van der Waals surface area contributed by atoms with Crippen molar-refractivity contribution < 1.29 is 13.5 Å². The molecule has 0 radical (unpaired) electrons. The molecule has 0 aliphatic carbocycles. The first-order chi connectivity index (χ1) is 8.85. The van der Waals surface area contributed by atoms with Crippen molar-refractivity contribution in [2.45, 2.75) is 32.2 Å². The molecule has 0 unspecified atom stereocenters. The number of aromatic hydroxyl groups is 1. The van der Waals surface area contributed by atoms with Crippen LogP contribution in [0.5, 0.6) is 5.88 Å². The number of hydrogen-bond donors (Lipinski definition) is 2. The van der Waals surface area contributed by atoms with Gasteiger partial charge >= 0.3 is 5.69 Å². The third kappa shape index (κ3) is 2.58. The Morgan fingerprint density at radius 3 is 2.42 bits per heavy atom. The molecule has 1 fully saturated rings. The van der Waals surface area contributed by atoms with Crippen molar-refractivity contribution in [2.24, 2.45) is 0 Å². The van der Waals surface area contributed by atoms with Crippen LogP contribution in [0, 0.1) is 0 Å². The molecule has 2 rings (SSSR count). The van der Waals surface area contributed by atoms with E-state index in [1.807, 2.05) is 0 Å². The van der Waals surface area contributed by atoms with Crippen LogP contribution in [-0.2, 0) is 16.3 Å². The fourth-order valence-corrected chi connectivity index (χ4v) is 3.84. The number of sulfone groups is 1. The normalized spacial score (nSPS) is 19.4. The molecule has 1 saturated heterocycles. The average Bonchev–Trinajstić information content (AvgIpc) is 2.31. The average molecular weight is 288 g/mol. The largest absolute Gasteiger partial charge is 0.494 e. The summed E-state index contributed by atoms with van der Waals surface area (Å²) in [5.74, 6) is -0.366. The van der Waals surface area contributed by atoms with Crippen LogP contribution in [0.3, 0.4) is 0 Å². The van der Waals surface area contributed by atoms with Gasteiger partial charge in [0.25, 0.3) is 5.56 Å². The number of nitrogens with one attached hydrogen (secondary N) is 1. The van der Waals surface area contributed by atoms with Gasteiger partial charge < -0.3 is 5.11 Å². The molecule has 0 aromatic carbocycles. The van der Waals surface area contributed by atoms with E-state index in [1.54, 1.807) is 6.92 Å². The predicted octanol–water partition coefficient (Wildman–Crippen LogP) is -0.446. The summed E-state index contributed by atoms with van der Waals surface area (Å²) in [6, 6.07) is -0.391. The van der Waals surface area contributed by atoms with Crippen LogP contribution in [0.1, 0.15) is 31.4 Å². The molecule has 1 aliphatic heterocycles. The summed E-state index contributed by atoms with van der Waals surface area (Å²) in [6.07, 6.45) is 0.836. The second kappa shape index (κ2) is 4.84. The van der Waals surface area contributed by atoms with Crippen LogP contribution in [0.4, 0.5) is 0 Å². The van der Waals surface area contributed by atoms with Gasteiger partial charge in [-0.2, -0.15) is 0 Å². The SMILES string of the molecule is CCc1c(O)n(C2CCS(=O)(=O)CC2)c(=O)[nH]c1=O. The molecule has 1 aromatic rings. The number of aromatic amines is 1. The highest BCUT2D eigenvalue weighted by Crippen LogP contribution is 2.26. The minimum Gasteiger partial charge on any atom is -0.494 e. The summed E-state index contributed by atoms with van der Waals surface area (Å²) in [5, 5.41) is 10.0. The minimum absolute atomic E-state index is 0.00979. The van der Waals surface area contributed by atoms with Gasteiger partial charge in [-0.15, -0.1) is 0 Å². The Hall–Kier alpha value is -1.57. The molecule has 0 amide bonds. The van der Waals surface area contributed by atoms with Gasteiger partial charge in [0.1, 0.15) is 9.84 Å². The van der Waals surface area contributed by atoms with Crippen molar-refractivity contribution in [1.82, 2.24) is 9.55 Å². The molecular weight excluding hydrogens is 272 g/mol. The first kappa shape index (κ1) is 13.9. The van der Waals surface area contributed by atoms with Crippen LogP contribution in [0.2, 0.25) is 0 Å². The maximum absolute atomic E-state index is 11.8. The zero-order valence-corrected chi connectivity index (χ0v) is 11.4. The van der Waals surface area contributed by atoms with Gasteiger partial charge in [-0.3, -0.25) is 14.3 Å². The Kier molecular flexibility index (Phi) is 3.53. The van der Waals surface area contributed by atoms with E-state index in [1.165, 1.54) is 0 Å². The monoisotopic (exact) mass is 288 g/mol. The molecule has 0 bridgehead atoms. The van der Waals surface area contributed by atoms with Gasteiger partial charge in [0.05, 0.1) is 17.1 Å². The highest BCUT2D eigenvalue weighted by atomic mass is 32.2. The van der Waals surface area contributed by atoms with Crippen LogP contribution < -0.4 is 11.2 Å². The van der Waals surface area contributed by atoms with Crippen LogP contribution in [0.15, 0.2) is 9.59 Å². The lowest BCUT2D eigenvalue weighted by Gasteiger charge is -2.25. The summed E-state index contributed by atoms with van der Waals surface area (Å²) in [7, 11) is -3.04. The quantitative estimate of drug-likeness (QED) is 0.766. The molecule has 0 spiro atoms. The van der Waals surface area contributed by atoms with Crippen molar-refractivity contribution in [3.05, 3.63) is 26.4 Å². The lowest BCUT2D eigenvalue weighted by atomic mass is 10.1. The molecule has 8 heteroatoms. The van der Waals surface area contributed by atoms with Crippen molar-refractivity contribution in [3.63, 3.8) is 0 Å². The number of rotatable bonds is 2. The zero-order valence-electron chi connectivity index (χ0n) is 10.5. The van der Waals surface area contributed by atoms with Crippen LogP contribution in [0.25, 0.3) is 0 Å². The lowest BCUT2D eigenvalue weighted by Crippen LogP contribution is -2.37. The Labute approximate surface area is 109 Å². The Balaban J connectivity index is 2.47. The molecule has 106 valence electrons. The molecule has 2 heterocycles. The standard InChI is InChI=1S/C11H16N2O5S/c1-2-8-9(14)12-11(16)13(10(8)15)7-3-5-19(17,18)6-4-7/h7,15H,2-6H2,1H3,(H,12,14,16). The second-order valence-electron chi connectivity index (χ2n) is 4.67. The first-order valence-electron chi connectivity index (χ1n) is 6.13. The number of aromatic nitrogens is 2. The highest BCUT2D eigenvalue weighted by Gasteiger charge is 2.28. The lowest BCUT2D eigenvalue weighted by molar-refractivity contribution is 0.340. The van der Waals surface area contributed by atoms with E-state index in [2.05, 4.69) is 4.98 Å². The number of nitrogens with zero attached hydrogens (tertiary/aromatic N) is 1. The summed E-state index contributed by atoms with van der Waals surface area (Å²) >= 11 is 0. The van der Waals surface area contributed by atoms with Gasteiger partial charge in [0, 0.05) is 6.04 Å². The minimum atomic E-state index is -3.04. The second-order valence-corrected chi connectivity index (χ2v) is 6.97. The molecular formula is C11H16N2O5S. The summed E-state index contributed by atoms with van der Waals surface area (Å²) < 4.78 is 23.8. The molecule has 2 N–H and O–H groups in total. The predicted molar refractivity (Wildman–Crippen MR) is 69.3 cm³/mol. The van der Waals surface area contributed by atoms with Crippen molar-refractivity contribution in [1.29, 1.82) is 0 Å². The van der Waals surface area contributed by atoms with E-state index < -0.39 is 27.1 Å². The van der Waals surface area contributed by atoms with Gasteiger partial charge in [0.2, 0.25) is 5.88 Å². The van der Waals surface area contributed by atoms with E-state index in [9.17, 15) is 23.1 Å². The van der Waals surface area contributed by atoms with Crippen molar-refractivity contribution in [3.8, 4) is 5.88 Å². The Bertz CT molecular complexity index is 687.